The molecule has 1 heterocycles. The minimum absolute atomic E-state index is 0.0568. The van der Waals surface area contributed by atoms with Crippen molar-refractivity contribution in [1.29, 1.82) is 0 Å². The first-order valence-corrected chi connectivity index (χ1v) is 7.62. The third-order valence-corrected chi connectivity index (χ3v) is 4.08. The Morgan fingerprint density at radius 2 is 2.14 bits per heavy atom. The zero-order chi connectivity index (χ0) is 15.4. The molecule has 0 N–H and O–H groups in total. The number of carbonyl (C=O) groups excluding carboxylic acids is 1. The van der Waals surface area contributed by atoms with Crippen LogP contribution >= 0.6 is 0 Å². The van der Waals surface area contributed by atoms with Crippen molar-refractivity contribution in [3.05, 3.63) is 59.9 Å². The number of ether oxygens (including phenoxy) is 1. The second-order valence-corrected chi connectivity index (χ2v) is 5.64. The molecule has 0 saturated heterocycles. The molecule has 1 unspecified atom stereocenters. The van der Waals surface area contributed by atoms with E-state index in [1.54, 1.807) is 6.20 Å². The van der Waals surface area contributed by atoms with Crippen LogP contribution in [-0.4, -0.2) is 15.7 Å². The van der Waals surface area contributed by atoms with Gasteiger partial charge in [0.05, 0.1) is 11.6 Å². The van der Waals surface area contributed by atoms with Crippen LogP contribution < -0.4 is 0 Å². The van der Waals surface area contributed by atoms with Gasteiger partial charge in [-0.25, -0.2) is 0 Å². The zero-order valence-corrected chi connectivity index (χ0v) is 12.7. The topological polar surface area (TPSA) is 44.1 Å². The van der Waals surface area contributed by atoms with Gasteiger partial charge in [-0.3, -0.25) is 9.48 Å². The quantitative estimate of drug-likeness (QED) is 0.813. The highest BCUT2D eigenvalue weighted by atomic mass is 16.5. The van der Waals surface area contributed by atoms with Crippen LogP contribution in [-0.2, 0) is 23.2 Å². The molecule has 0 fully saturated rings. The Labute approximate surface area is 130 Å². The predicted molar refractivity (Wildman–Crippen MR) is 84.8 cm³/mol. The van der Waals surface area contributed by atoms with Crippen LogP contribution in [0.15, 0.2) is 48.7 Å². The molecule has 1 aromatic heterocycles. The number of carbonyl (C=O) groups is 1. The highest BCUT2D eigenvalue weighted by Gasteiger charge is 2.25. The number of allylic oxidation sites excluding steroid dienone is 2. The van der Waals surface area contributed by atoms with Gasteiger partial charge < -0.3 is 4.74 Å². The smallest absolute Gasteiger partial charge is 0.309 e. The van der Waals surface area contributed by atoms with Crippen LogP contribution in [0.25, 0.3) is 5.57 Å². The summed E-state index contributed by atoms with van der Waals surface area (Å²) in [4.78, 5) is 12.3. The monoisotopic (exact) mass is 296 g/mol. The fourth-order valence-corrected chi connectivity index (χ4v) is 2.86. The third-order valence-electron chi connectivity index (χ3n) is 4.08. The van der Waals surface area contributed by atoms with E-state index < -0.39 is 0 Å². The lowest BCUT2D eigenvalue weighted by Gasteiger charge is -2.21. The van der Waals surface area contributed by atoms with Crippen molar-refractivity contribution in [3.8, 4) is 0 Å². The highest BCUT2D eigenvalue weighted by Crippen LogP contribution is 2.31. The molecule has 3 rings (SSSR count). The summed E-state index contributed by atoms with van der Waals surface area (Å²) in [6.45, 7) is 0.348. The highest BCUT2D eigenvalue weighted by molar-refractivity contribution is 5.77. The summed E-state index contributed by atoms with van der Waals surface area (Å²) in [5.41, 5.74) is 3.29. The molecule has 0 aliphatic heterocycles. The lowest BCUT2D eigenvalue weighted by Crippen LogP contribution is -2.20. The Bertz CT molecular complexity index is 673. The Kier molecular flexibility index (Phi) is 4.37. The largest absolute Gasteiger partial charge is 0.461 e. The van der Waals surface area contributed by atoms with Gasteiger partial charge in [0.2, 0.25) is 0 Å². The molecule has 1 aliphatic rings. The molecule has 0 amide bonds. The lowest BCUT2D eigenvalue weighted by atomic mass is 9.87. The van der Waals surface area contributed by atoms with Crippen molar-refractivity contribution < 1.29 is 9.53 Å². The number of rotatable bonds is 4. The first-order valence-electron chi connectivity index (χ1n) is 7.62. The zero-order valence-electron chi connectivity index (χ0n) is 12.7. The number of nitrogens with zero attached hydrogens (tertiary/aromatic N) is 2. The van der Waals surface area contributed by atoms with Crippen LogP contribution in [0.1, 0.15) is 30.5 Å². The first-order chi connectivity index (χ1) is 10.7. The number of benzene rings is 1. The molecular weight excluding hydrogens is 276 g/mol. The fraction of sp³-hybridized carbons (Fsp3) is 0.333. The average Bonchev–Trinajstić information content (AvgIpc) is 3.00. The van der Waals surface area contributed by atoms with E-state index in [4.69, 9.17) is 4.74 Å². The second kappa shape index (κ2) is 6.60. The van der Waals surface area contributed by atoms with Gasteiger partial charge in [0.1, 0.15) is 6.61 Å². The number of esters is 1. The van der Waals surface area contributed by atoms with E-state index in [1.165, 1.54) is 5.57 Å². The summed E-state index contributed by atoms with van der Waals surface area (Å²) in [5, 5.41) is 4.20. The van der Waals surface area contributed by atoms with E-state index >= 15 is 0 Å². The summed E-state index contributed by atoms with van der Waals surface area (Å²) >= 11 is 0. The molecule has 114 valence electrons. The fourth-order valence-electron chi connectivity index (χ4n) is 2.86. The van der Waals surface area contributed by atoms with Crippen LogP contribution in [0.2, 0.25) is 0 Å². The van der Waals surface area contributed by atoms with Crippen molar-refractivity contribution in [2.45, 2.75) is 25.9 Å². The summed E-state index contributed by atoms with van der Waals surface area (Å²) < 4.78 is 7.33. The molecule has 1 atom stereocenters. The lowest BCUT2D eigenvalue weighted by molar-refractivity contribution is -0.150. The van der Waals surface area contributed by atoms with E-state index in [9.17, 15) is 4.79 Å². The van der Waals surface area contributed by atoms with E-state index in [0.29, 0.717) is 6.61 Å². The predicted octanol–water partition coefficient (Wildman–Crippen LogP) is 3.35. The van der Waals surface area contributed by atoms with Crippen molar-refractivity contribution in [2.75, 3.05) is 0 Å². The molecular formula is C18H20N2O2. The van der Waals surface area contributed by atoms with Gasteiger partial charge in [0, 0.05) is 13.2 Å². The number of hydrogen-bond acceptors (Lipinski definition) is 3. The summed E-state index contributed by atoms with van der Waals surface area (Å²) in [5.74, 6) is -0.157. The molecule has 4 nitrogen and oxygen atoms in total. The molecule has 0 spiro atoms. The van der Waals surface area contributed by atoms with Gasteiger partial charge in [0.25, 0.3) is 0 Å². The molecule has 1 aliphatic carbocycles. The van der Waals surface area contributed by atoms with Crippen molar-refractivity contribution in [1.82, 2.24) is 9.78 Å². The summed E-state index contributed by atoms with van der Waals surface area (Å²) in [7, 11) is 1.92. The standard InChI is InChI=1S/C18H20N2O2/c1-20-17(10-11-19-20)15-8-5-9-16(12-15)18(21)22-13-14-6-3-2-4-7-14/h2-4,6-8,10-11,16H,5,9,12-13H2,1H3. The Morgan fingerprint density at radius 3 is 2.86 bits per heavy atom. The summed E-state index contributed by atoms with van der Waals surface area (Å²) in [6.07, 6.45) is 6.49. The van der Waals surface area contributed by atoms with E-state index in [-0.39, 0.29) is 11.9 Å². The number of aryl methyl sites for hydroxylation is 1. The normalized spacial score (nSPS) is 17.9. The maximum atomic E-state index is 12.3. The minimum Gasteiger partial charge on any atom is -0.461 e. The molecule has 2 aromatic rings. The second-order valence-electron chi connectivity index (χ2n) is 5.64. The van der Waals surface area contributed by atoms with Gasteiger partial charge in [-0.15, -0.1) is 0 Å². The van der Waals surface area contributed by atoms with Gasteiger partial charge in [-0.05, 0) is 36.5 Å². The van der Waals surface area contributed by atoms with Gasteiger partial charge >= 0.3 is 5.97 Å². The van der Waals surface area contributed by atoms with Crippen molar-refractivity contribution in [3.63, 3.8) is 0 Å². The molecule has 1 aromatic carbocycles. The van der Waals surface area contributed by atoms with E-state index in [0.717, 1.165) is 30.5 Å². The van der Waals surface area contributed by atoms with Gasteiger partial charge in [-0.2, -0.15) is 5.10 Å². The SMILES string of the molecule is Cn1nccc1C1=CCCC(C(=O)OCc2ccccc2)C1. The molecule has 4 heteroatoms. The minimum atomic E-state index is -0.100. The Hall–Kier alpha value is -2.36. The van der Waals surface area contributed by atoms with E-state index in [2.05, 4.69) is 11.2 Å². The Balaban J connectivity index is 1.60. The molecule has 22 heavy (non-hydrogen) atoms. The van der Waals surface area contributed by atoms with Gasteiger partial charge in [0.15, 0.2) is 0 Å². The van der Waals surface area contributed by atoms with Crippen LogP contribution in [0.5, 0.6) is 0 Å². The number of hydrogen-bond donors (Lipinski definition) is 0. The molecule has 0 radical (unpaired) electrons. The van der Waals surface area contributed by atoms with Gasteiger partial charge in [-0.1, -0.05) is 36.4 Å². The molecule has 0 bridgehead atoms. The van der Waals surface area contributed by atoms with E-state index in [1.807, 2.05) is 48.1 Å². The summed E-state index contributed by atoms with van der Waals surface area (Å²) in [6, 6.07) is 11.8. The third kappa shape index (κ3) is 3.27. The first kappa shape index (κ1) is 14.6. The molecule has 0 saturated carbocycles. The average molecular weight is 296 g/mol. The van der Waals surface area contributed by atoms with Crippen LogP contribution in [0.3, 0.4) is 0 Å². The van der Waals surface area contributed by atoms with Crippen molar-refractivity contribution in [2.24, 2.45) is 13.0 Å². The number of aromatic nitrogens is 2. The maximum absolute atomic E-state index is 12.3. The van der Waals surface area contributed by atoms with Crippen molar-refractivity contribution >= 4 is 11.5 Å². The van der Waals surface area contributed by atoms with Crippen LogP contribution in [0, 0.1) is 5.92 Å². The maximum Gasteiger partial charge on any atom is 0.309 e. The Morgan fingerprint density at radius 1 is 1.32 bits per heavy atom. The van der Waals surface area contributed by atoms with Crippen LogP contribution in [0.4, 0.5) is 0 Å².